The van der Waals surface area contributed by atoms with Gasteiger partial charge in [-0.3, -0.25) is 0 Å². The molecule has 0 bridgehead atoms. The van der Waals surface area contributed by atoms with Gasteiger partial charge in [-0.1, -0.05) is 6.92 Å². The van der Waals surface area contributed by atoms with Crippen molar-refractivity contribution >= 4 is 5.91 Å². The molecule has 0 rings (SSSR count). The van der Waals surface area contributed by atoms with Crippen LogP contribution in [0.5, 0.6) is 0 Å². The number of amides is 1. The average Bonchev–Trinajstić information content (AvgIpc) is 1.61. The largest absolute Gasteiger partial charge is 0.381 e. The van der Waals surface area contributed by atoms with Gasteiger partial charge in [-0.25, -0.2) is 0 Å². The molecule has 3 heteroatoms. The molecular formula is C5H10NOY-. The number of nitrogens with one attached hydrogen (secondary N) is 1. The van der Waals surface area contributed by atoms with Crippen LogP contribution in [0.3, 0.4) is 0 Å². The Hall–Kier alpha value is 0.444. The van der Waals surface area contributed by atoms with Crippen molar-refractivity contribution in [2.45, 2.75) is 13.3 Å². The van der Waals surface area contributed by atoms with Crippen LogP contribution >= 0.6 is 0 Å². The van der Waals surface area contributed by atoms with E-state index in [9.17, 15) is 4.79 Å². The van der Waals surface area contributed by atoms with Gasteiger partial charge in [0, 0.05) is 39.3 Å². The summed E-state index contributed by atoms with van der Waals surface area (Å²) in [6.07, 6.45) is 0.973. The molecule has 0 aromatic heterocycles. The van der Waals surface area contributed by atoms with Gasteiger partial charge in [-0.15, -0.1) is 0 Å². The third-order valence-electron chi connectivity index (χ3n) is 0.572. The summed E-state index contributed by atoms with van der Waals surface area (Å²) >= 11 is 0. The van der Waals surface area contributed by atoms with Crippen LogP contribution < -0.4 is 5.32 Å². The molecule has 0 saturated heterocycles. The van der Waals surface area contributed by atoms with Gasteiger partial charge in [0.1, 0.15) is 0 Å². The molecule has 8 heavy (non-hydrogen) atoms. The molecule has 0 saturated carbocycles. The van der Waals surface area contributed by atoms with Crippen molar-refractivity contribution in [2.24, 2.45) is 0 Å². The van der Waals surface area contributed by atoms with Gasteiger partial charge in [0.05, 0.1) is 5.91 Å². The zero-order valence-electron chi connectivity index (χ0n) is 5.11. The molecule has 0 aliphatic rings. The van der Waals surface area contributed by atoms with E-state index >= 15 is 0 Å². The number of rotatable bonds is 2. The smallest absolute Gasteiger partial charge is 0.0797 e. The minimum atomic E-state index is -0.193. The van der Waals surface area contributed by atoms with Crippen LogP contribution in [0.4, 0.5) is 0 Å². The maximum Gasteiger partial charge on any atom is 0.0797 e. The molecule has 0 aromatic carbocycles. The molecule has 1 radical (unpaired) electrons. The van der Waals surface area contributed by atoms with Crippen LogP contribution in [0.1, 0.15) is 13.3 Å². The SMILES string of the molecule is [CH2-]C(=O)NCCC.[Y]. The van der Waals surface area contributed by atoms with Crippen molar-refractivity contribution < 1.29 is 37.5 Å². The molecule has 2 nitrogen and oxygen atoms in total. The predicted molar refractivity (Wildman–Crippen MR) is 28.7 cm³/mol. The van der Waals surface area contributed by atoms with Gasteiger partial charge < -0.3 is 17.0 Å². The summed E-state index contributed by atoms with van der Waals surface area (Å²) in [4.78, 5) is 9.98. The van der Waals surface area contributed by atoms with Crippen LogP contribution in [-0.4, -0.2) is 12.5 Å². The minimum absolute atomic E-state index is 0. The van der Waals surface area contributed by atoms with Gasteiger partial charge in [0.2, 0.25) is 0 Å². The van der Waals surface area contributed by atoms with E-state index in [0.29, 0.717) is 0 Å². The third kappa shape index (κ3) is 9.67. The third-order valence-corrected chi connectivity index (χ3v) is 0.572. The van der Waals surface area contributed by atoms with E-state index in [1.807, 2.05) is 6.92 Å². The van der Waals surface area contributed by atoms with Gasteiger partial charge in [0.25, 0.3) is 0 Å². The molecule has 1 amide bonds. The quantitative estimate of drug-likeness (QED) is 0.623. The van der Waals surface area contributed by atoms with E-state index in [0.717, 1.165) is 13.0 Å². The fourth-order valence-corrected chi connectivity index (χ4v) is 0.264. The maximum atomic E-state index is 9.98. The summed E-state index contributed by atoms with van der Waals surface area (Å²) in [5.41, 5.74) is 0. The number of hydrogen-bond acceptors (Lipinski definition) is 1. The molecule has 0 fully saturated rings. The standard InChI is InChI=1S/C5H10NO.Y/c1-3-4-6-5(2)7;/h2-4H2,1H3,(H,6,7);/q-1;. The average molecular weight is 189 g/mol. The Bertz CT molecular complexity index is 65.4. The molecule has 0 aliphatic carbocycles. The van der Waals surface area contributed by atoms with Crippen LogP contribution in [0.15, 0.2) is 0 Å². The number of carbonyl (C=O) groups is 1. The first-order valence-electron chi connectivity index (χ1n) is 2.37. The fourth-order valence-electron chi connectivity index (χ4n) is 0.264. The summed E-state index contributed by atoms with van der Waals surface area (Å²) in [6, 6.07) is 0. The maximum absolute atomic E-state index is 9.98. The van der Waals surface area contributed by atoms with E-state index in [2.05, 4.69) is 12.2 Å². The second-order valence-corrected chi connectivity index (χ2v) is 1.35. The number of carbonyl (C=O) groups excluding carboxylic acids is 1. The summed E-state index contributed by atoms with van der Waals surface area (Å²) in [7, 11) is 0. The van der Waals surface area contributed by atoms with Crippen molar-refractivity contribution in [2.75, 3.05) is 6.54 Å². The Kier molecular flexibility index (Phi) is 10.5. The van der Waals surface area contributed by atoms with Crippen molar-refractivity contribution in [1.29, 1.82) is 0 Å². The molecule has 0 atom stereocenters. The van der Waals surface area contributed by atoms with Crippen molar-refractivity contribution in [3.05, 3.63) is 6.92 Å². The molecule has 0 aliphatic heterocycles. The van der Waals surface area contributed by atoms with Gasteiger partial charge in [-0.2, -0.15) is 0 Å². The molecule has 0 aromatic rings. The van der Waals surface area contributed by atoms with E-state index < -0.39 is 0 Å². The minimum Gasteiger partial charge on any atom is -0.381 e. The fraction of sp³-hybridized carbons (Fsp3) is 0.600. The van der Waals surface area contributed by atoms with E-state index in [1.165, 1.54) is 0 Å². The molecular weight excluding hydrogens is 179 g/mol. The van der Waals surface area contributed by atoms with Crippen molar-refractivity contribution in [1.82, 2.24) is 5.32 Å². The Balaban J connectivity index is 0. The Morgan fingerprint density at radius 2 is 2.25 bits per heavy atom. The van der Waals surface area contributed by atoms with Gasteiger partial charge >= 0.3 is 0 Å². The first-order chi connectivity index (χ1) is 3.27. The molecule has 1 N–H and O–H groups in total. The van der Waals surface area contributed by atoms with Crippen LogP contribution in [0.25, 0.3) is 0 Å². The van der Waals surface area contributed by atoms with Crippen LogP contribution in [-0.2, 0) is 37.5 Å². The second-order valence-electron chi connectivity index (χ2n) is 1.35. The molecule has 0 unspecified atom stereocenters. The summed E-state index contributed by atoms with van der Waals surface area (Å²) in [6.45, 7) is 5.86. The Morgan fingerprint density at radius 3 is 2.38 bits per heavy atom. The summed E-state index contributed by atoms with van der Waals surface area (Å²) in [5.74, 6) is -0.193. The topological polar surface area (TPSA) is 29.1 Å². The van der Waals surface area contributed by atoms with E-state index in [-0.39, 0.29) is 38.6 Å². The molecule has 0 heterocycles. The second kappa shape index (κ2) is 7.44. The van der Waals surface area contributed by atoms with Crippen molar-refractivity contribution in [3.63, 3.8) is 0 Å². The zero-order chi connectivity index (χ0) is 5.70. The first-order valence-corrected chi connectivity index (χ1v) is 2.37. The van der Waals surface area contributed by atoms with Crippen molar-refractivity contribution in [3.8, 4) is 0 Å². The van der Waals surface area contributed by atoms with Crippen LogP contribution in [0.2, 0.25) is 0 Å². The summed E-state index contributed by atoms with van der Waals surface area (Å²) in [5, 5.41) is 2.55. The zero-order valence-corrected chi connectivity index (χ0v) is 7.95. The summed E-state index contributed by atoms with van der Waals surface area (Å²) < 4.78 is 0. The number of hydrogen-bond donors (Lipinski definition) is 1. The first kappa shape index (κ1) is 11.3. The van der Waals surface area contributed by atoms with E-state index in [4.69, 9.17) is 0 Å². The van der Waals surface area contributed by atoms with Gasteiger partial charge in [0.15, 0.2) is 0 Å². The Morgan fingerprint density at radius 1 is 1.75 bits per heavy atom. The van der Waals surface area contributed by atoms with E-state index in [1.54, 1.807) is 0 Å². The monoisotopic (exact) mass is 189 g/mol. The van der Waals surface area contributed by atoms with Gasteiger partial charge in [-0.05, 0) is 6.42 Å². The predicted octanol–water partition coefficient (Wildman–Crippen LogP) is 0.344. The molecule has 0 spiro atoms. The Labute approximate surface area is 75.3 Å². The van der Waals surface area contributed by atoms with Crippen LogP contribution in [0, 0.1) is 6.92 Å². The normalized spacial score (nSPS) is 7.12. The molecule has 45 valence electrons.